The van der Waals surface area contributed by atoms with Crippen LogP contribution in [0.2, 0.25) is 0 Å². The lowest BCUT2D eigenvalue weighted by Crippen LogP contribution is -2.39. The first-order valence-corrected chi connectivity index (χ1v) is 12.2. The molecular weight excluding hydrogens is 458 g/mol. The molecule has 170 valence electrons. The van der Waals surface area contributed by atoms with Gasteiger partial charge in [-0.15, -0.1) is 11.8 Å². The monoisotopic (exact) mass is 479 g/mol. The smallest absolute Gasteiger partial charge is 0.321 e. The number of rotatable bonds is 8. The second-order valence-corrected chi connectivity index (χ2v) is 9.64. The Balaban J connectivity index is 1.58. The number of fused-ring (bicyclic) bond motifs is 1. The fourth-order valence-corrected chi connectivity index (χ4v) is 4.96. The molecule has 0 saturated carbocycles. The molecule has 3 rings (SSSR count). The Hall–Kier alpha value is -2.96. The van der Waals surface area contributed by atoms with Gasteiger partial charge in [-0.3, -0.25) is 19.7 Å². The van der Waals surface area contributed by atoms with Crippen molar-refractivity contribution < 1.29 is 27.7 Å². The molecule has 10 nitrogen and oxygen atoms in total. The number of nitrogens with zero attached hydrogens (tertiary/aromatic N) is 2. The van der Waals surface area contributed by atoms with E-state index in [0.29, 0.717) is 11.3 Å². The highest BCUT2D eigenvalue weighted by molar-refractivity contribution is 7.98. The zero-order valence-corrected chi connectivity index (χ0v) is 18.9. The molecule has 0 aliphatic carbocycles. The number of benzene rings is 2. The van der Waals surface area contributed by atoms with Crippen LogP contribution in [0.5, 0.6) is 0 Å². The van der Waals surface area contributed by atoms with Crippen LogP contribution in [0, 0.1) is 10.1 Å². The number of thioether (sulfide) groups is 1. The molecule has 0 spiro atoms. The molecule has 12 heteroatoms. The summed E-state index contributed by atoms with van der Waals surface area (Å²) in [6, 6.07) is 10.8. The summed E-state index contributed by atoms with van der Waals surface area (Å²) in [5.74, 6) is -1.36. The number of nitro groups is 1. The Labute approximate surface area is 189 Å². The van der Waals surface area contributed by atoms with Gasteiger partial charge in [0.15, 0.2) is 6.61 Å². The number of ether oxygens (including phenoxy) is 1. The average Bonchev–Trinajstić information content (AvgIpc) is 3.11. The number of sulfonamides is 1. The molecule has 1 atom stereocenters. The normalized spacial score (nSPS) is 15.3. The van der Waals surface area contributed by atoms with Gasteiger partial charge in [-0.25, -0.2) is 8.42 Å². The predicted molar refractivity (Wildman–Crippen MR) is 118 cm³/mol. The van der Waals surface area contributed by atoms with Crippen molar-refractivity contribution in [2.75, 3.05) is 24.3 Å². The van der Waals surface area contributed by atoms with Crippen molar-refractivity contribution in [2.24, 2.45) is 0 Å². The van der Waals surface area contributed by atoms with Crippen LogP contribution in [0.1, 0.15) is 12.5 Å². The summed E-state index contributed by atoms with van der Waals surface area (Å²) in [5, 5.41) is 11.2. The van der Waals surface area contributed by atoms with E-state index in [1.54, 1.807) is 11.2 Å². The first-order valence-electron chi connectivity index (χ1n) is 9.51. The Bertz CT molecular complexity index is 1170. The van der Waals surface area contributed by atoms with Gasteiger partial charge < -0.3 is 9.64 Å². The van der Waals surface area contributed by atoms with Crippen LogP contribution >= 0.6 is 11.8 Å². The molecule has 1 aliphatic heterocycles. The summed E-state index contributed by atoms with van der Waals surface area (Å²) in [4.78, 5) is 36.5. The van der Waals surface area contributed by atoms with Gasteiger partial charge in [0.1, 0.15) is 6.54 Å². The van der Waals surface area contributed by atoms with Gasteiger partial charge in [-0.05, 0) is 43.4 Å². The minimum Gasteiger partial charge on any atom is -0.455 e. The lowest BCUT2D eigenvalue weighted by molar-refractivity contribution is -0.388. The van der Waals surface area contributed by atoms with Crippen LogP contribution in [0.25, 0.3) is 0 Å². The highest BCUT2D eigenvalue weighted by Gasteiger charge is 2.31. The summed E-state index contributed by atoms with van der Waals surface area (Å²) in [7, 11) is -4.20. The van der Waals surface area contributed by atoms with E-state index >= 15 is 0 Å². The van der Waals surface area contributed by atoms with Crippen LogP contribution in [-0.4, -0.2) is 50.7 Å². The second kappa shape index (κ2) is 9.67. The van der Waals surface area contributed by atoms with Crippen molar-refractivity contribution in [3.05, 3.63) is 58.1 Å². The first-order chi connectivity index (χ1) is 15.1. The molecule has 1 N–H and O–H groups in total. The zero-order valence-electron chi connectivity index (χ0n) is 17.3. The Morgan fingerprint density at radius 1 is 1.28 bits per heavy atom. The van der Waals surface area contributed by atoms with E-state index in [1.807, 2.05) is 35.9 Å². The van der Waals surface area contributed by atoms with Gasteiger partial charge in [0.25, 0.3) is 11.6 Å². The molecular formula is C20H21N3O7S2. The Morgan fingerprint density at radius 3 is 2.69 bits per heavy atom. The third-order valence-corrected chi connectivity index (χ3v) is 7.08. The van der Waals surface area contributed by atoms with Crippen molar-refractivity contribution in [3.63, 3.8) is 0 Å². The van der Waals surface area contributed by atoms with Crippen LogP contribution in [-0.2, 0) is 30.8 Å². The number of nitrogens with one attached hydrogen (secondary N) is 1. The van der Waals surface area contributed by atoms with Crippen LogP contribution < -0.4 is 9.62 Å². The minimum absolute atomic E-state index is 0.0860. The summed E-state index contributed by atoms with van der Waals surface area (Å²) in [6.07, 6.45) is 2.32. The Morgan fingerprint density at radius 2 is 2.00 bits per heavy atom. The van der Waals surface area contributed by atoms with E-state index in [-0.39, 0.29) is 16.6 Å². The van der Waals surface area contributed by atoms with E-state index in [4.69, 9.17) is 4.74 Å². The molecule has 0 aromatic heterocycles. The first kappa shape index (κ1) is 23.7. The van der Waals surface area contributed by atoms with Crippen molar-refractivity contribution >= 4 is 45.0 Å². The van der Waals surface area contributed by atoms with E-state index < -0.39 is 40.0 Å². The SMILES string of the molecule is CSc1ccc(S(=O)(=O)NCC(=O)OCC(=O)N2c3ccccc3C[C@H]2C)cc1[N+](=O)[O-]. The Kier molecular flexibility index (Phi) is 7.16. The van der Waals surface area contributed by atoms with Gasteiger partial charge in [0, 0.05) is 17.8 Å². The van der Waals surface area contributed by atoms with Crippen molar-refractivity contribution in [2.45, 2.75) is 29.2 Å². The largest absolute Gasteiger partial charge is 0.455 e. The number of amides is 1. The number of hydrogen-bond acceptors (Lipinski definition) is 8. The predicted octanol–water partition coefficient (Wildman–Crippen LogP) is 2.12. The molecule has 0 fully saturated rings. The van der Waals surface area contributed by atoms with Crippen molar-refractivity contribution in [3.8, 4) is 0 Å². The maximum atomic E-state index is 12.6. The molecule has 0 unspecified atom stereocenters. The van der Waals surface area contributed by atoms with E-state index in [9.17, 15) is 28.1 Å². The topological polar surface area (TPSA) is 136 Å². The van der Waals surface area contributed by atoms with Crippen LogP contribution in [0.3, 0.4) is 0 Å². The fourth-order valence-electron chi connectivity index (χ4n) is 3.43. The third kappa shape index (κ3) is 5.09. The van der Waals surface area contributed by atoms with Crippen LogP contribution in [0.15, 0.2) is 52.3 Å². The maximum absolute atomic E-state index is 12.6. The van der Waals surface area contributed by atoms with Gasteiger partial charge in [-0.1, -0.05) is 18.2 Å². The molecule has 0 saturated heterocycles. The standard InChI is InChI=1S/C20H21N3O7S2/c1-13-9-14-5-3-4-6-16(14)22(13)19(24)12-30-20(25)11-21-32(28,29)15-7-8-18(31-2)17(10-15)23(26)27/h3-8,10,13,21H,9,11-12H2,1-2H3/t13-/m1/s1. The average molecular weight is 480 g/mol. The molecule has 2 aromatic carbocycles. The number of esters is 1. The molecule has 0 radical (unpaired) electrons. The number of hydrogen-bond donors (Lipinski definition) is 1. The molecule has 2 aromatic rings. The number of nitro benzene ring substituents is 1. The summed E-state index contributed by atoms with van der Waals surface area (Å²) in [6.45, 7) is 0.627. The maximum Gasteiger partial charge on any atom is 0.321 e. The number of carbonyl (C=O) groups excluding carboxylic acids is 2. The van der Waals surface area contributed by atoms with Gasteiger partial charge in [-0.2, -0.15) is 4.72 Å². The molecule has 1 amide bonds. The lowest BCUT2D eigenvalue weighted by atomic mass is 10.1. The number of para-hydroxylation sites is 1. The molecule has 32 heavy (non-hydrogen) atoms. The third-order valence-electron chi connectivity index (χ3n) is 4.90. The fraction of sp³-hybridized carbons (Fsp3) is 0.300. The van der Waals surface area contributed by atoms with Crippen molar-refractivity contribution in [1.82, 2.24) is 4.72 Å². The molecule has 1 heterocycles. The summed E-state index contributed by atoms with van der Waals surface area (Å²) in [5.41, 5.74) is 1.43. The zero-order chi connectivity index (χ0) is 23.5. The van der Waals surface area contributed by atoms with Gasteiger partial charge in [0.05, 0.1) is 14.7 Å². The molecule has 1 aliphatic rings. The second-order valence-electron chi connectivity index (χ2n) is 7.02. The quantitative estimate of drug-likeness (QED) is 0.263. The summed E-state index contributed by atoms with van der Waals surface area (Å²) >= 11 is 1.11. The van der Waals surface area contributed by atoms with Crippen LogP contribution in [0.4, 0.5) is 11.4 Å². The lowest BCUT2D eigenvalue weighted by Gasteiger charge is -2.22. The number of anilines is 1. The summed E-state index contributed by atoms with van der Waals surface area (Å²) < 4.78 is 31.8. The molecule has 0 bridgehead atoms. The van der Waals surface area contributed by atoms with E-state index in [2.05, 4.69) is 0 Å². The van der Waals surface area contributed by atoms with Gasteiger partial charge >= 0.3 is 5.97 Å². The highest BCUT2D eigenvalue weighted by Crippen LogP contribution is 2.32. The van der Waals surface area contributed by atoms with Gasteiger partial charge in [0.2, 0.25) is 10.0 Å². The number of carbonyl (C=O) groups is 2. The minimum atomic E-state index is -4.20. The van der Waals surface area contributed by atoms with Crippen molar-refractivity contribution in [1.29, 1.82) is 0 Å². The highest BCUT2D eigenvalue weighted by atomic mass is 32.2. The van der Waals surface area contributed by atoms with E-state index in [1.165, 1.54) is 12.1 Å². The van der Waals surface area contributed by atoms with E-state index in [0.717, 1.165) is 29.1 Å².